The van der Waals surface area contributed by atoms with E-state index in [1.807, 2.05) is 6.07 Å². The molecule has 0 atom stereocenters. The van der Waals surface area contributed by atoms with Gasteiger partial charge in [-0.05, 0) is 23.6 Å². The number of alkyl halides is 2. The number of hydrogen-bond acceptors (Lipinski definition) is 2. The van der Waals surface area contributed by atoms with Crippen molar-refractivity contribution in [1.29, 1.82) is 0 Å². The summed E-state index contributed by atoms with van der Waals surface area (Å²) in [6, 6.07) is 6.90. The van der Waals surface area contributed by atoms with E-state index in [1.54, 1.807) is 18.2 Å². The van der Waals surface area contributed by atoms with Gasteiger partial charge in [-0.2, -0.15) is 0 Å². The lowest BCUT2D eigenvalue weighted by molar-refractivity contribution is 0.0818. The summed E-state index contributed by atoms with van der Waals surface area (Å²) in [6.07, 6.45) is -2.48. The first-order valence-electron chi connectivity index (χ1n) is 6.51. The van der Waals surface area contributed by atoms with Crippen LogP contribution in [0, 0.1) is 5.92 Å². The van der Waals surface area contributed by atoms with E-state index >= 15 is 0 Å². The first-order valence-corrected chi connectivity index (χ1v) is 6.51. The molecule has 0 aromatic heterocycles. The number of aliphatic imine (C=N–C) groups is 1. The van der Waals surface area contributed by atoms with E-state index < -0.39 is 13.0 Å². The number of halogens is 2. The van der Waals surface area contributed by atoms with Crippen LogP contribution in [-0.4, -0.2) is 25.5 Å². The molecule has 1 rings (SSSR count). The topological polar surface area (TPSA) is 59.6 Å². The quantitative estimate of drug-likeness (QED) is 0.597. The van der Waals surface area contributed by atoms with Crippen LogP contribution in [0.4, 0.5) is 8.78 Å². The molecule has 1 aromatic rings. The van der Waals surface area contributed by atoms with E-state index in [0.717, 1.165) is 12.1 Å². The molecule has 112 valence electrons. The minimum atomic E-state index is -2.48. The predicted molar refractivity (Wildman–Crippen MR) is 76.1 cm³/mol. The number of benzene rings is 1. The zero-order valence-corrected chi connectivity index (χ0v) is 11.8. The van der Waals surface area contributed by atoms with Gasteiger partial charge in [-0.3, -0.25) is 0 Å². The monoisotopic (exact) mass is 285 g/mol. The van der Waals surface area contributed by atoms with Crippen molar-refractivity contribution in [3.8, 4) is 5.75 Å². The predicted octanol–water partition coefficient (Wildman–Crippen LogP) is 2.39. The van der Waals surface area contributed by atoms with Crippen molar-refractivity contribution in [1.82, 2.24) is 5.32 Å². The SMILES string of the molecule is CC(C)CNC(N)=NCc1cccc(OCC(F)F)c1. The van der Waals surface area contributed by atoms with E-state index in [0.29, 0.717) is 24.2 Å². The summed E-state index contributed by atoms with van der Waals surface area (Å²) in [4.78, 5) is 4.18. The molecule has 0 fully saturated rings. The molecule has 0 aliphatic heterocycles. The van der Waals surface area contributed by atoms with Gasteiger partial charge in [0.15, 0.2) is 5.96 Å². The number of ether oxygens (including phenoxy) is 1. The highest BCUT2D eigenvalue weighted by Gasteiger charge is 2.04. The summed E-state index contributed by atoms with van der Waals surface area (Å²) in [5.74, 6) is 1.26. The fraction of sp³-hybridized carbons (Fsp3) is 0.500. The van der Waals surface area contributed by atoms with Gasteiger partial charge in [0.25, 0.3) is 6.43 Å². The summed E-state index contributed by atoms with van der Waals surface area (Å²) in [5, 5.41) is 3.00. The summed E-state index contributed by atoms with van der Waals surface area (Å²) in [7, 11) is 0. The van der Waals surface area contributed by atoms with Crippen molar-refractivity contribution in [3.05, 3.63) is 29.8 Å². The number of rotatable bonds is 7. The molecule has 1 aromatic carbocycles. The van der Waals surface area contributed by atoms with Gasteiger partial charge >= 0.3 is 0 Å². The molecule has 20 heavy (non-hydrogen) atoms. The van der Waals surface area contributed by atoms with Gasteiger partial charge in [0.2, 0.25) is 0 Å². The molecular formula is C14H21F2N3O. The van der Waals surface area contributed by atoms with Crippen LogP contribution in [-0.2, 0) is 6.54 Å². The smallest absolute Gasteiger partial charge is 0.272 e. The van der Waals surface area contributed by atoms with Gasteiger partial charge < -0.3 is 15.8 Å². The highest BCUT2D eigenvalue weighted by Crippen LogP contribution is 2.14. The molecule has 0 unspecified atom stereocenters. The lowest BCUT2D eigenvalue weighted by atomic mass is 10.2. The van der Waals surface area contributed by atoms with Crippen molar-refractivity contribution in [2.24, 2.45) is 16.6 Å². The Morgan fingerprint density at radius 2 is 2.15 bits per heavy atom. The van der Waals surface area contributed by atoms with E-state index in [-0.39, 0.29) is 0 Å². The molecule has 0 aliphatic rings. The van der Waals surface area contributed by atoms with E-state index in [9.17, 15) is 8.78 Å². The van der Waals surface area contributed by atoms with Crippen molar-refractivity contribution in [2.45, 2.75) is 26.8 Å². The standard InChI is InChI=1S/C14H21F2N3O/c1-10(2)7-18-14(17)19-8-11-4-3-5-12(6-11)20-9-13(15)16/h3-6,10,13H,7-9H2,1-2H3,(H3,17,18,19). The molecule has 0 heterocycles. The summed E-state index contributed by atoms with van der Waals surface area (Å²) < 4.78 is 29.1. The normalized spacial score (nSPS) is 12.0. The molecule has 0 bridgehead atoms. The maximum Gasteiger partial charge on any atom is 0.272 e. The summed E-state index contributed by atoms with van der Waals surface area (Å²) >= 11 is 0. The molecular weight excluding hydrogens is 264 g/mol. The Labute approximate surface area is 118 Å². The highest BCUT2D eigenvalue weighted by atomic mass is 19.3. The third-order valence-corrected chi connectivity index (χ3v) is 2.40. The van der Waals surface area contributed by atoms with E-state index in [4.69, 9.17) is 10.5 Å². The molecule has 0 radical (unpaired) electrons. The van der Waals surface area contributed by atoms with Crippen LogP contribution in [0.15, 0.2) is 29.3 Å². The largest absolute Gasteiger partial charge is 0.488 e. The number of nitrogens with zero attached hydrogens (tertiary/aromatic N) is 1. The minimum absolute atomic E-state index is 0.373. The maximum atomic E-state index is 12.1. The van der Waals surface area contributed by atoms with Gasteiger partial charge in [0, 0.05) is 6.54 Å². The summed E-state index contributed by atoms with van der Waals surface area (Å²) in [5.41, 5.74) is 6.57. The molecule has 0 saturated carbocycles. The zero-order valence-electron chi connectivity index (χ0n) is 11.8. The fourth-order valence-electron chi connectivity index (χ4n) is 1.43. The average Bonchev–Trinajstić information content (AvgIpc) is 2.41. The lowest BCUT2D eigenvalue weighted by Gasteiger charge is -2.09. The second kappa shape index (κ2) is 8.35. The summed E-state index contributed by atoms with van der Waals surface area (Å²) in [6.45, 7) is 4.68. The van der Waals surface area contributed by atoms with Crippen molar-refractivity contribution >= 4 is 5.96 Å². The second-order valence-corrected chi connectivity index (χ2v) is 4.83. The Kier molecular flexibility index (Phi) is 6.76. The van der Waals surface area contributed by atoms with Crippen LogP contribution >= 0.6 is 0 Å². The minimum Gasteiger partial charge on any atom is -0.488 e. The molecule has 6 heteroatoms. The van der Waals surface area contributed by atoms with Crippen molar-refractivity contribution in [3.63, 3.8) is 0 Å². The number of nitrogens with one attached hydrogen (secondary N) is 1. The Hall–Kier alpha value is -1.85. The van der Waals surface area contributed by atoms with Crippen LogP contribution < -0.4 is 15.8 Å². The first-order chi connectivity index (χ1) is 9.47. The average molecular weight is 285 g/mol. The Morgan fingerprint density at radius 1 is 1.40 bits per heavy atom. The number of guanidine groups is 1. The van der Waals surface area contributed by atoms with Crippen LogP contribution in [0.3, 0.4) is 0 Å². The van der Waals surface area contributed by atoms with Gasteiger partial charge in [0.05, 0.1) is 6.54 Å². The molecule has 0 saturated heterocycles. The van der Waals surface area contributed by atoms with Crippen LogP contribution in [0.25, 0.3) is 0 Å². The zero-order chi connectivity index (χ0) is 15.0. The van der Waals surface area contributed by atoms with Crippen LogP contribution in [0.2, 0.25) is 0 Å². The number of nitrogens with two attached hydrogens (primary N) is 1. The Bertz CT molecular complexity index is 436. The third kappa shape index (κ3) is 6.92. The number of hydrogen-bond donors (Lipinski definition) is 2. The van der Waals surface area contributed by atoms with Crippen LogP contribution in [0.5, 0.6) is 5.75 Å². The molecule has 3 N–H and O–H groups in total. The molecule has 4 nitrogen and oxygen atoms in total. The molecule has 0 aliphatic carbocycles. The van der Waals surface area contributed by atoms with Gasteiger partial charge in [-0.25, -0.2) is 13.8 Å². The van der Waals surface area contributed by atoms with Gasteiger partial charge in [-0.15, -0.1) is 0 Å². The van der Waals surface area contributed by atoms with E-state index in [2.05, 4.69) is 24.2 Å². The fourth-order valence-corrected chi connectivity index (χ4v) is 1.43. The van der Waals surface area contributed by atoms with Gasteiger partial charge in [0.1, 0.15) is 12.4 Å². The first kappa shape index (κ1) is 16.2. The molecule has 0 amide bonds. The maximum absolute atomic E-state index is 12.1. The lowest BCUT2D eigenvalue weighted by Crippen LogP contribution is -2.34. The van der Waals surface area contributed by atoms with Crippen molar-refractivity contribution < 1.29 is 13.5 Å². The molecule has 0 spiro atoms. The Morgan fingerprint density at radius 3 is 2.80 bits per heavy atom. The van der Waals surface area contributed by atoms with Crippen molar-refractivity contribution in [2.75, 3.05) is 13.2 Å². The highest BCUT2D eigenvalue weighted by molar-refractivity contribution is 5.77. The third-order valence-electron chi connectivity index (χ3n) is 2.40. The second-order valence-electron chi connectivity index (χ2n) is 4.83. The van der Waals surface area contributed by atoms with E-state index in [1.165, 1.54) is 0 Å². The van der Waals surface area contributed by atoms with Crippen LogP contribution in [0.1, 0.15) is 19.4 Å². The van der Waals surface area contributed by atoms with Gasteiger partial charge in [-0.1, -0.05) is 26.0 Å². The Balaban J connectivity index is 2.51.